The van der Waals surface area contributed by atoms with Crippen molar-refractivity contribution in [3.05, 3.63) is 0 Å². The second-order valence-corrected chi connectivity index (χ2v) is 8.13. The number of carbonyl (C=O) groups is 3. The number of hydrogen-bond donors (Lipinski definition) is 0. The molecular formula is C21H37N3O6. The summed E-state index contributed by atoms with van der Waals surface area (Å²) in [6, 6.07) is -0.620. The van der Waals surface area contributed by atoms with Crippen LogP contribution < -0.4 is 0 Å². The molecule has 172 valence electrons. The molecule has 9 heteroatoms. The van der Waals surface area contributed by atoms with Crippen LogP contribution in [0.3, 0.4) is 0 Å². The lowest BCUT2D eigenvalue weighted by molar-refractivity contribution is -0.314. The average Bonchev–Trinajstić information content (AvgIpc) is 2.71. The molecule has 9 nitrogen and oxygen atoms in total. The number of methoxy groups -OCH3 is 1. The lowest BCUT2D eigenvalue weighted by Gasteiger charge is -2.57. The molecule has 1 aliphatic carbocycles. The molecule has 1 unspecified atom stereocenters. The first-order valence-corrected chi connectivity index (χ1v) is 11.1. The summed E-state index contributed by atoms with van der Waals surface area (Å²) >= 11 is 0. The molecule has 0 radical (unpaired) electrons. The normalized spacial score (nSPS) is 25.0. The molecule has 0 aromatic heterocycles. The highest BCUT2D eigenvalue weighted by molar-refractivity contribution is 5.94. The van der Waals surface area contributed by atoms with Crippen molar-refractivity contribution in [2.45, 2.75) is 78.1 Å². The SMILES string of the molecule is CC.CC[C@H]1C(=O)N(CCOC)CC2N(C(=O)OCC(C)C)OC3(CCC3)C(=O)N21. The van der Waals surface area contributed by atoms with Crippen LogP contribution in [0.15, 0.2) is 0 Å². The Morgan fingerprint density at radius 1 is 1.27 bits per heavy atom. The van der Waals surface area contributed by atoms with E-state index in [0.29, 0.717) is 32.4 Å². The zero-order valence-corrected chi connectivity index (χ0v) is 19.2. The van der Waals surface area contributed by atoms with Gasteiger partial charge in [-0.1, -0.05) is 34.6 Å². The summed E-state index contributed by atoms with van der Waals surface area (Å²) in [6.07, 6.45) is 1.10. The Labute approximate surface area is 179 Å². The summed E-state index contributed by atoms with van der Waals surface area (Å²) in [6.45, 7) is 11.0. The molecule has 0 aromatic carbocycles. The molecule has 0 bridgehead atoms. The van der Waals surface area contributed by atoms with Gasteiger partial charge in [0, 0.05) is 13.7 Å². The fraction of sp³-hybridized carbons (Fsp3) is 0.857. The number of rotatable bonds is 6. The fourth-order valence-electron chi connectivity index (χ4n) is 3.94. The van der Waals surface area contributed by atoms with Gasteiger partial charge in [-0.15, -0.1) is 0 Å². The largest absolute Gasteiger partial charge is 0.448 e. The third kappa shape index (κ3) is 4.56. The smallest absolute Gasteiger partial charge is 0.436 e. The van der Waals surface area contributed by atoms with Gasteiger partial charge in [0.05, 0.1) is 19.8 Å². The van der Waals surface area contributed by atoms with E-state index in [1.54, 1.807) is 16.9 Å². The molecule has 2 aliphatic heterocycles. The molecule has 0 N–H and O–H groups in total. The minimum Gasteiger partial charge on any atom is -0.448 e. The van der Waals surface area contributed by atoms with Crippen LogP contribution in [0.2, 0.25) is 0 Å². The summed E-state index contributed by atoms with van der Waals surface area (Å²) in [7, 11) is 1.57. The molecule has 3 rings (SSSR count). The van der Waals surface area contributed by atoms with Crippen LogP contribution in [0.1, 0.15) is 60.3 Å². The monoisotopic (exact) mass is 427 g/mol. The number of ether oxygens (including phenoxy) is 2. The molecule has 2 saturated heterocycles. The highest BCUT2D eigenvalue weighted by Crippen LogP contribution is 2.44. The minimum absolute atomic E-state index is 0.115. The zero-order valence-electron chi connectivity index (χ0n) is 19.2. The minimum atomic E-state index is -1.05. The van der Waals surface area contributed by atoms with Gasteiger partial charge in [0.1, 0.15) is 6.04 Å². The second-order valence-electron chi connectivity index (χ2n) is 8.13. The van der Waals surface area contributed by atoms with Crippen molar-refractivity contribution in [2.24, 2.45) is 5.92 Å². The van der Waals surface area contributed by atoms with Crippen molar-refractivity contribution in [3.63, 3.8) is 0 Å². The summed E-state index contributed by atoms with van der Waals surface area (Å²) < 4.78 is 10.5. The third-order valence-corrected chi connectivity index (χ3v) is 5.64. The van der Waals surface area contributed by atoms with Gasteiger partial charge in [0.25, 0.3) is 5.91 Å². The summed E-state index contributed by atoms with van der Waals surface area (Å²) in [5.41, 5.74) is -1.05. The molecular weight excluding hydrogens is 390 g/mol. The third-order valence-electron chi connectivity index (χ3n) is 5.64. The maximum atomic E-state index is 13.3. The molecule has 1 spiro atoms. The van der Waals surface area contributed by atoms with E-state index in [2.05, 4.69) is 0 Å². The molecule has 3 fully saturated rings. The second kappa shape index (κ2) is 10.4. The number of nitrogens with zero attached hydrogens (tertiary/aromatic N) is 3. The van der Waals surface area contributed by atoms with E-state index in [4.69, 9.17) is 14.3 Å². The maximum absolute atomic E-state index is 13.3. The van der Waals surface area contributed by atoms with Crippen molar-refractivity contribution in [3.8, 4) is 0 Å². The van der Waals surface area contributed by atoms with Gasteiger partial charge >= 0.3 is 6.09 Å². The van der Waals surface area contributed by atoms with Crippen LogP contribution in [-0.2, 0) is 23.9 Å². The first kappa shape index (κ1) is 24.4. The van der Waals surface area contributed by atoms with E-state index >= 15 is 0 Å². The molecule has 30 heavy (non-hydrogen) atoms. The quantitative estimate of drug-likeness (QED) is 0.647. The van der Waals surface area contributed by atoms with Crippen molar-refractivity contribution in [2.75, 3.05) is 33.4 Å². The Kier molecular flexibility index (Phi) is 8.49. The number of piperazine rings is 1. The van der Waals surface area contributed by atoms with Crippen LogP contribution in [0, 0.1) is 5.92 Å². The van der Waals surface area contributed by atoms with Gasteiger partial charge < -0.3 is 19.3 Å². The van der Waals surface area contributed by atoms with E-state index < -0.39 is 23.9 Å². The van der Waals surface area contributed by atoms with Crippen LogP contribution in [0.25, 0.3) is 0 Å². The van der Waals surface area contributed by atoms with E-state index in [-0.39, 0.29) is 30.9 Å². The first-order chi connectivity index (χ1) is 14.3. The topological polar surface area (TPSA) is 88.6 Å². The van der Waals surface area contributed by atoms with Crippen LogP contribution >= 0.6 is 0 Å². The van der Waals surface area contributed by atoms with E-state index in [9.17, 15) is 14.4 Å². The molecule has 3 amide bonds. The number of carbonyl (C=O) groups excluding carboxylic acids is 3. The lowest BCUT2D eigenvalue weighted by Crippen LogP contribution is -2.77. The zero-order chi connectivity index (χ0) is 22.5. The molecule has 2 heterocycles. The van der Waals surface area contributed by atoms with Crippen LogP contribution in [0.5, 0.6) is 0 Å². The van der Waals surface area contributed by atoms with Gasteiger partial charge in [-0.05, 0) is 31.6 Å². The highest BCUT2D eigenvalue weighted by Gasteiger charge is 2.61. The Morgan fingerprint density at radius 3 is 2.43 bits per heavy atom. The van der Waals surface area contributed by atoms with Gasteiger partial charge in [-0.25, -0.2) is 9.63 Å². The van der Waals surface area contributed by atoms with Gasteiger partial charge in [0.15, 0.2) is 11.8 Å². The van der Waals surface area contributed by atoms with Crippen molar-refractivity contribution < 1.29 is 28.7 Å². The Hall–Kier alpha value is -1.87. The van der Waals surface area contributed by atoms with Crippen LogP contribution in [0.4, 0.5) is 4.79 Å². The van der Waals surface area contributed by atoms with Crippen molar-refractivity contribution >= 4 is 17.9 Å². The molecule has 2 atom stereocenters. The number of amides is 3. The Bertz CT molecular complexity index is 622. The van der Waals surface area contributed by atoms with Gasteiger partial charge in [-0.3, -0.25) is 9.59 Å². The van der Waals surface area contributed by atoms with Crippen molar-refractivity contribution in [1.29, 1.82) is 0 Å². The standard InChI is InChI=1S/C19H31N3O6.C2H6/c1-5-14-16(23)20(9-10-26-4)11-15-21(14)17(24)19(7-6-8-19)28-22(15)18(25)27-12-13(2)3;1-2/h13-15H,5-12H2,1-4H3;1-2H3/t14-,15?;/m0./s1. The number of hydrogen-bond acceptors (Lipinski definition) is 6. The van der Waals surface area contributed by atoms with Gasteiger partial charge in [0.2, 0.25) is 5.91 Å². The fourth-order valence-corrected chi connectivity index (χ4v) is 3.94. The van der Waals surface area contributed by atoms with Crippen molar-refractivity contribution in [1.82, 2.24) is 14.9 Å². The Morgan fingerprint density at radius 2 is 1.93 bits per heavy atom. The average molecular weight is 428 g/mol. The van der Waals surface area contributed by atoms with E-state index in [0.717, 1.165) is 6.42 Å². The van der Waals surface area contributed by atoms with E-state index in [1.807, 2.05) is 34.6 Å². The molecule has 3 aliphatic rings. The maximum Gasteiger partial charge on any atom is 0.436 e. The predicted molar refractivity (Wildman–Crippen MR) is 110 cm³/mol. The number of fused-ring (bicyclic) bond motifs is 1. The van der Waals surface area contributed by atoms with E-state index in [1.165, 1.54) is 5.06 Å². The summed E-state index contributed by atoms with van der Waals surface area (Å²) in [5, 5.41) is 1.19. The summed E-state index contributed by atoms with van der Waals surface area (Å²) in [5.74, 6) is -0.127. The molecule has 0 aromatic rings. The molecule has 1 saturated carbocycles. The predicted octanol–water partition coefficient (Wildman–Crippen LogP) is 2.40. The first-order valence-electron chi connectivity index (χ1n) is 11.1. The van der Waals surface area contributed by atoms with Crippen LogP contribution in [-0.4, -0.2) is 84.0 Å². The highest BCUT2D eigenvalue weighted by atomic mass is 16.8. The lowest BCUT2D eigenvalue weighted by atomic mass is 9.77. The number of hydroxylamine groups is 2. The summed E-state index contributed by atoms with van der Waals surface area (Å²) in [4.78, 5) is 48.2. The van der Waals surface area contributed by atoms with Gasteiger partial charge in [-0.2, -0.15) is 5.06 Å². The Balaban J connectivity index is 0.00000155.